The zero-order valence-electron chi connectivity index (χ0n) is 12.8. The molecule has 3 atom stereocenters. The van der Waals surface area contributed by atoms with Crippen LogP contribution >= 0.6 is 0 Å². The summed E-state index contributed by atoms with van der Waals surface area (Å²) < 4.78 is 10.6. The van der Waals surface area contributed by atoms with Gasteiger partial charge < -0.3 is 25.0 Å². The minimum absolute atomic E-state index is 0.0284. The number of morpholine rings is 1. The fourth-order valence-corrected chi connectivity index (χ4v) is 2.72. The second-order valence-corrected chi connectivity index (χ2v) is 5.48. The second-order valence-electron chi connectivity index (χ2n) is 5.48. The summed E-state index contributed by atoms with van der Waals surface area (Å²) in [5.41, 5.74) is 0. The number of hydrogen-bond acceptors (Lipinski definition) is 5. The molecular formula is C14H25N3O4. The Bertz CT molecular complexity index is 371. The number of likely N-dealkylation sites (N-methyl/N-ethyl adjacent to an activating group) is 1. The SMILES string of the molecule is CCNC1COCC1C(=O)NC(C)C(=O)N1CCOCC1. The molecule has 21 heavy (non-hydrogen) atoms. The van der Waals surface area contributed by atoms with Crippen LogP contribution in [0.2, 0.25) is 0 Å². The number of amides is 2. The van der Waals surface area contributed by atoms with Crippen LogP contribution in [0.25, 0.3) is 0 Å². The van der Waals surface area contributed by atoms with Crippen LogP contribution in [0.3, 0.4) is 0 Å². The van der Waals surface area contributed by atoms with E-state index in [-0.39, 0.29) is 23.8 Å². The largest absolute Gasteiger partial charge is 0.379 e. The van der Waals surface area contributed by atoms with Crippen LogP contribution in [-0.4, -0.2) is 74.9 Å². The van der Waals surface area contributed by atoms with Gasteiger partial charge in [-0.3, -0.25) is 9.59 Å². The van der Waals surface area contributed by atoms with E-state index in [9.17, 15) is 9.59 Å². The summed E-state index contributed by atoms with van der Waals surface area (Å²) >= 11 is 0. The highest BCUT2D eigenvalue weighted by Crippen LogP contribution is 2.14. The third kappa shape index (κ3) is 4.15. The van der Waals surface area contributed by atoms with Gasteiger partial charge in [0, 0.05) is 19.1 Å². The van der Waals surface area contributed by atoms with E-state index in [1.165, 1.54) is 0 Å². The molecule has 0 aromatic carbocycles. The lowest BCUT2D eigenvalue weighted by Gasteiger charge is -2.30. The lowest BCUT2D eigenvalue weighted by atomic mass is 10.0. The summed E-state index contributed by atoms with van der Waals surface area (Å²) in [6.07, 6.45) is 0. The molecule has 0 bridgehead atoms. The van der Waals surface area contributed by atoms with Gasteiger partial charge in [0.05, 0.1) is 32.3 Å². The van der Waals surface area contributed by atoms with Crippen LogP contribution < -0.4 is 10.6 Å². The zero-order chi connectivity index (χ0) is 15.2. The maximum Gasteiger partial charge on any atom is 0.245 e. The quantitative estimate of drug-likeness (QED) is 0.679. The molecule has 2 fully saturated rings. The molecule has 0 radical (unpaired) electrons. The van der Waals surface area contributed by atoms with Crippen molar-refractivity contribution < 1.29 is 19.1 Å². The van der Waals surface area contributed by atoms with Gasteiger partial charge in [-0.15, -0.1) is 0 Å². The van der Waals surface area contributed by atoms with Crippen molar-refractivity contribution >= 4 is 11.8 Å². The van der Waals surface area contributed by atoms with Gasteiger partial charge in [0.1, 0.15) is 6.04 Å². The first kappa shape index (κ1) is 16.2. The van der Waals surface area contributed by atoms with Gasteiger partial charge in [0.25, 0.3) is 0 Å². The number of rotatable bonds is 5. The van der Waals surface area contributed by atoms with E-state index in [0.29, 0.717) is 39.5 Å². The third-order valence-electron chi connectivity index (χ3n) is 3.94. The lowest BCUT2D eigenvalue weighted by Crippen LogP contribution is -2.53. The summed E-state index contributed by atoms with van der Waals surface area (Å²) in [6.45, 7) is 7.76. The van der Waals surface area contributed by atoms with Gasteiger partial charge in [-0.2, -0.15) is 0 Å². The topological polar surface area (TPSA) is 79.9 Å². The van der Waals surface area contributed by atoms with E-state index in [2.05, 4.69) is 10.6 Å². The Labute approximate surface area is 125 Å². The van der Waals surface area contributed by atoms with Crippen molar-refractivity contribution in [1.82, 2.24) is 15.5 Å². The van der Waals surface area contributed by atoms with E-state index in [1.807, 2.05) is 6.92 Å². The highest BCUT2D eigenvalue weighted by Gasteiger charge is 2.35. The van der Waals surface area contributed by atoms with Crippen molar-refractivity contribution in [2.75, 3.05) is 46.1 Å². The Balaban J connectivity index is 1.84. The molecule has 2 amide bonds. The molecule has 120 valence electrons. The molecular weight excluding hydrogens is 274 g/mol. The number of nitrogens with one attached hydrogen (secondary N) is 2. The number of hydrogen-bond donors (Lipinski definition) is 2. The molecule has 7 nitrogen and oxygen atoms in total. The molecule has 7 heteroatoms. The Morgan fingerprint density at radius 2 is 1.95 bits per heavy atom. The smallest absolute Gasteiger partial charge is 0.245 e. The monoisotopic (exact) mass is 299 g/mol. The molecule has 0 aliphatic carbocycles. The van der Waals surface area contributed by atoms with Crippen molar-refractivity contribution in [2.24, 2.45) is 5.92 Å². The first-order valence-corrected chi connectivity index (χ1v) is 7.61. The van der Waals surface area contributed by atoms with Gasteiger partial charge in [0.2, 0.25) is 11.8 Å². The van der Waals surface area contributed by atoms with Crippen molar-refractivity contribution in [3.05, 3.63) is 0 Å². The first-order valence-electron chi connectivity index (χ1n) is 7.61. The van der Waals surface area contributed by atoms with E-state index in [0.717, 1.165) is 6.54 Å². The van der Waals surface area contributed by atoms with E-state index >= 15 is 0 Å². The fraction of sp³-hybridized carbons (Fsp3) is 0.857. The number of carbonyl (C=O) groups excluding carboxylic acids is 2. The third-order valence-corrected chi connectivity index (χ3v) is 3.94. The molecule has 2 saturated heterocycles. The molecule has 2 N–H and O–H groups in total. The Morgan fingerprint density at radius 3 is 2.62 bits per heavy atom. The summed E-state index contributed by atoms with van der Waals surface area (Å²) in [6, 6.07) is -0.487. The van der Waals surface area contributed by atoms with Crippen molar-refractivity contribution in [1.29, 1.82) is 0 Å². The van der Waals surface area contributed by atoms with Crippen LogP contribution in [0.4, 0.5) is 0 Å². The molecule has 3 unspecified atom stereocenters. The van der Waals surface area contributed by atoms with Crippen molar-refractivity contribution in [2.45, 2.75) is 25.9 Å². The van der Waals surface area contributed by atoms with E-state index in [4.69, 9.17) is 9.47 Å². The predicted octanol–water partition coefficient (Wildman–Crippen LogP) is -1.03. The maximum absolute atomic E-state index is 12.3. The van der Waals surface area contributed by atoms with Crippen LogP contribution in [0, 0.1) is 5.92 Å². The van der Waals surface area contributed by atoms with Gasteiger partial charge in [-0.05, 0) is 13.5 Å². The second kappa shape index (κ2) is 7.72. The van der Waals surface area contributed by atoms with Crippen molar-refractivity contribution in [3.8, 4) is 0 Å². The standard InChI is InChI=1S/C14H25N3O4/c1-3-15-12-9-21-8-11(12)13(18)16-10(2)14(19)17-4-6-20-7-5-17/h10-12,15H,3-9H2,1-2H3,(H,16,18). The fourth-order valence-electron chi connectivity index (χ4n) is 2.72. The first-order chi connectivity index (χ1) is 10.1. The molecule has 2 rings (SSSR count). The molecule has 2 aliphatic heterocycles. The summed E-state index contributed by atoms with van der Waals surface area (Å²) in [4.78, 5) is 26.3. The number of nitrogens with zero attached hydrogens (tertiary/aromatic N) is 1. The van der Waals surface area contributed by atoms with Gasteiger partial charge in [-0.25, -0.2) is 0 Å². The molecule has 0 aromatic heterocycles. The molecule has 0 aromatic rings. The Kier molecular flexibility index (Phi) is 5.96. The van der Waals surface area contributed by atoms with Crippen LogP contribution in [0.15, 0.2) is 0 Å². The normalized spacial score (nSPS) is 27.4. The van der Waals surface area contributed by atoms with Crippen LogP contribution in [0.5, 0.6) is 0 Å². The number of carbonyl (C=O) groups is 2. The van der Waals surface area contributed by atoms with E-state index in [1.54, 1.807) is 11.8 Å². The highest BCUT2D eigenvalue weighted by atomic mass is 16.5. The molecule has 0 spiro atoms. The predicted molar refractivity (Wildman–Crippen MR) is 76.8 cm³/mol. The highest BCUT2D eigenvalue weighted by molar-refractivity contribution is 5.88. The van der Waals surface area contributed by atoms with Crippen LogP contribution in [0.1, 0.15) is 13.8 Å². The Hall–Kier alpha value is -1.18. The molecule has 2 heterocycles. The number of ether oxygens (including phenoxy) is 2. The van der Waals surface area contributed by atoms with E-state index < -0.39 is 6.04 Å². The molecule has 0 saturated carbocycles. The zero-order valence-corrected chi connectivity index (χ0v) is 12.8. The van der Waals surface area contributed by atoms with Gasteiger partial charge in [-0.1, -0.05) is 6.92 Å². The minimum Gasteiger partial charge on any atom is -0.379 e. The Morgan fingerprint density at radius 1 is 1.24 bits per heavy atom. The molecule has 2 aliphatic rings. The van der Waals surface area contributed by atoms with Gasteiger partial charge in [0.15, 0.2) is 0 Å². The average molecular weight is 299 g/mol. The lowest BCUT2D eigenvalue weighted by molar-refractivity contribution is -0.140. The minimum atomic E-state index is -0.515. The average Bonchev–Trinajstić information content (AvgIpc) is 2.96. The van der Waals surface area contributed by atoms with Crippen molar-refractivity contribution in [3.63, 3.8) is 0 Å². The maximum atomic E-state index is 12.3. The summed E-state index contributed by atoms with van der Waals surface area (Å²) in [5.74, 6) is -0.400. The summed E-state index contributed by atoms with van der Waals surface area (Å²) in [5, 5.41) is 6.06. The summed E-state index contributed by atoms with van der Waals surface area (Å²) in [7, 11) is 0. The van der Waals surface area contributed by atoms with Crippen LogP contribution in [-0.2, 0) is 19.1 Å². The van der Waals surface area contributed by atoms with Gasteiger partial charge >= 0.3 is 0 Å².